The van der Waals surface area contributed by atoms with Crippen molar-refractivity contribution in [3.63, 3.8) is 0 Å². The van der Waals surface area contributed by atoms with Crippen molar-refractivity contribution in [3.8, 4) is 0 Å². The molecule has 0 spiro atoms. The standard InChI is InChI=1S/C13H23N5/c1-10(14)8-12-9-11(2)15-13(16-12)18-6-4-17(3)5-7-18/h9-10H,4-8,14H2,1-3H3. The molecule has 2 rings (SSSR count). The van der Waals surface area contributed by atoms with Gasteiger partial charge in [-0.1, -0.05) is 0 Å². The Kier molecular flexibility index (Phi) is 4.14. The van der Waals surface area contributed by atoms with Crippen LogP contribution < -0.4 is 10.6 Å². The molecule has 0 radical (unpaired) electrons. The van der Waals surface area contributed by atoms with E-state index in [1.165, 1.54) is 0 Å². The monoisotopic (exact) mass is 249 g/mol. The molecule has 1 atom stereocenters. The van der Waals surface area contributed by atoms with E-state index < -0.39 is 0 Å². The zero-order chi connectivity index (χ0) is 13.1. The molecular formula is C13H23N5. The van der Waals surface area contributed by atoms with Crippen LogP contribution in [0, 0.1) is 6.92 Å². The maximum atomic E-state index is 5.84. The van der Waals surface area contributed by atoms with E-state index in [1.807, 2.05) is 19.9 Å². The van der Waals surface area contributed by atoms with Gasteiger partial charge in [0, 0.05) is 50.0 Å². The van der Waals surface area contributed by atoms with Gasteiger partial charge < -0.3 is 15.5 Å². The van der Waals surface area contributed by atoms with E-state index in [9.17, 15) is 0 Å². The highest BCUT2D eigenvalue weighted by molar-refractivity contribution is 5.33. The summed E-state index contributed by atoms with van der Waals surface area (Å²) in [5.74, 6) is 0.860. The third-order valence-electron chi connectivity index (χ3n) is 3.21. The summed E-state index contributed by atoms with van der Waals surface area (Å²) in [7, 11) is 2.15. The second-order valence-corrected chi connectivity index (χ2v) is 5.27. The highest BCUT2D eigenvalue weighted by Crippen LogP contribution is 2.13. The van der Waals surface area contributed by atoms with Crippen LogP contribution >= 0.6 is 0 Å². The fraction of sp³-hybridized carbons (Fsp3) is 0.692. The number of anilines is 1. The molecule has 18 heavy (non-hydrogen) atoms. The maximum absolute atomic E-state index is 5.84. The second kappa shape index (κ2) is 5.63. The van der Waals surface area contributed by atoms with Crippen LogP contribution in [0.1, 0.15) is 18.3 Å². The van der Waals surface area contributed by atoms with Gasteiger partial charge in [0.1, 0.15) is 0 Å². The Bertz CT molecular complexity index is 396. The lowest BCUT2D eigenvalue weighted by Gasteiger charge is -2.32. The Morgan fingerprint density at radius 1 is 1.28 bits per heavy atom. The third kappa shape index (κ3) is 3.40. The van der Waals surface area contributed by atoms with Crippen molar-refractivity contribution in [2.24, 2.45) is 5.73 Å². The van der Waals surface area contributed by atoms with Crippen LogP contribution in [0.25, 0.3) is 0 Å². The molecule has 0 aromatic carbocycles. The smallest absolute Gasteiger partial charge is 0.225 e. The van der Waals surface area contributed by atoms with Crippen LogP contribution in [0.15, 0.2) is 6.07 Å². The number of likely N-dealkylation sites (N-methyl/N-ethyl adjacent to an activating group) is 1. The minimum atomic E-state index is 0.139. The molecule has 1 aromatic rings. The van der Waals surface area contributed by atoms with Gasteiger partial charge >= 0.3 is 0 Å². The predicted octanol–water partition coefficient (Wildman–Crippen LogP) is 0.427. The Morgan fingerprint density at radius 3 is 2.56 bits per heavy atom. The van der Waals surface area contributed by atoms with Crippen LogP contribution in [0.2, 0.25) is 0 Å². The summed E-state index contributed by atoms with van der Waals surface area (Å²) in [4.78, 5) is 13.8. The number of aromatic nitrogens is 2. The molecule has 5 nitrogen and oxygen atoms in total. The summed E-state index contributed by atoms with van der Waals surface area (Å²) >= 11 is 0. The van der Waals surface area contributed by atoms with E-state index in [4.69, 9.17) is 5.73 Å². The molecule has 0 aliphatic carbocycles. The van der Waals surface area contributed by atoms with Crippen molar-refractivity contribution < 1.29 is 0 Å². The molecule has 0 saturated carbocycles. The molecular weight excluding hydrogens is 226 g/mol. The van der Waals surface area contributed by atoms with E-state index in [0.717, 1.165) is 49.9 Å². The van der Waals surface area contributed by atoms with Crippen molar-refractivity contribution in [1.82, 2.24) is 14.9 Å². The van der Waals surface area contributed by atoms with Crippen molar-refractivity contribution in [2.75, 3.05) is 38.1 Å². The average Bonchev–Trinajstić information content (AvgIpc) is 2.28. The molecule has 0 bridgehead atoms. The molecule has 1 aliphatic heterocycles. The number of nitrogens with two attached hydrogens (primary N) is 1. The Hall–Kier alpha value is -1.20. The number of rotatable bonds is 3. The van der Waals surface area contributed by atoms with E-state index >= 15 is 0 Å². The van der Waals surface area contributed by atoms with Crippen LogP contribution in [0.4, 0.5) is 5.95 Å². The van der Waals surface area contributed by atoms with Gasteiger partial charge in [-0.25, -0.2) is 9.97 Å². The minimum Gasteiger partial charge on any atom is -0.338 e. The number of hydrogen-bond acceptors (Lipinski definition) is 5. The van der Waals surface area contributed by atoms with E-state index in [1.54, 1.807) is 0 Å². The molecule has 2 heterocycles. The van der Waals surface area contributed by atoms with Crippen LogP contribution in [-0.4, -0.2) is 54.1 Å². The van der Waals surface area contributed by atoms with E-state index in [2.05, 4.69) is 26.8 Å². The van der Waals surface area contributed by atoms with Crippen molar-refractivity contribution in [3.05, 3.63) is 17.5 Å². The first-order valence-electron chi connectivity index (χ1n) is 6.58. The van der Waals surface area contributed by atoms with Crippen LogP contribution in [0.3, 0.4) is 0 Å². The lowest BCUT2D eigenvalue weighted by molar-refractivity contribution is 0.311. The first-order valence-corrected chi connectivity index (χ1v) is 6.58. The van der Waals surface area contributed by atoms with Gasteiger partial charge in [-0.3, -0.25) is 0 Å². The lowest BCUT2D eigenvalue weighted by atomic mass is 10.2. The zero-order valence-electron chi connectivity index (χ0n) is 11.6. The summed E-state index contributed by atoms with van der Waals surface area (Å²) < 4.78 is 0. The third-order valence-corrected chi connectivity index (χ3v) is 3.21. The highest BCUT2D eigenvalue weighted by atomic mass is 15.3. The molecule has 100 valence electrons. The van der Waals surface area contributed by atoms with Crippen molar-refractivity contribution in [1.29, 1.82) is 0 Å². The highest BCUT2D eigenvalue weighted by Gasteiger charge is 2.17. The number of piperazine rings is 1. The van der Waals surface area contributed by atoms with Gasteiger partial charge in [-0.15, -0.1) is 0 Å². The molecule has 1 aromatic heterocycles. The number of hydrogen-bond donors (Lipinski definition) is 1. The summed E-state index contributed by atoms with van der Waals surface area (Å²) in [6.45, 7) is 8.16. The molecule has 1 saturated heterocycles. The van der Waals surface area contributed by atoms with E-state index in [-0.39, 0.29) is 6.04 Å². The second-order valence-electron chi connectivity index (χ2n) is 5.27. The summed E-state index contributed by atoms with van der Waals surface area (Å²) in [5, 5.41) is 0. The molecule has 2 N–H and O–H groups in total. The van der Waals surface area contributed by atoms with E-state index in [0.29, 0.717) is 0 Å². The van der Waals surface area contributed by atoms with Gasteiger partial charge in [-0.2, -0.15) is 0 Å². The van der Waals surface area contributed by atoms with Gasteiger partial charge in [0.05, 0.1) is 0 Å². The molecule has 0 amide bonds. The molecule has 1 fully saturated rings. The van der Waals surface area contributed by atoms with Gasteiger partial charge in [-0.05, 0) is 27.0 Å². The summed E-state index contributed by atoms with van der Waals surface area (Å²) in [5.41, 5.74) is 7.91. The Labute approximate surface area is 109 Å². The predicted molar refractivity (Wildman–Crippen MR) is 73.8 cm³/mol. The van der Waals surface area contributed by atoms with Gasteiger partial charge in [0.2, 0.25) is 5.95 Å². The number of aryl methyl sites for hydroxylation is 1. The maximum Gasteiger partial charge on any atom is 0.225 e. The molecule has 1 aliphatic rings. The average molecular weight is 249 g/mol. The Balaban J connectivity index is 2.14. The quantitative estimate of drug-likeness (QED) is 0.841. The fourth-order valence-electron chi connectivity index (χ4n) is 2.20. The largest absolute Gasteiger partial charge is 0.338 e. The van der Waals surface area contributed by atoms with Crippen LogP contribution in [-0.2, 0) is 6.42 Å². The topological polar surface area (TPSA) is 58.3 Å². The summed E-state index contributed by atoms with van der Waals surface area (Å²) in [6, 6.07) is 2.17. The first-order chi connectivity index (χ1) is 8.54. The van der Waals surface area contributed by atoms with Gasteiger partial charge in [0.15, 0.2) is 0 Å². The minimum absolute atomic E-state index is 0.139. The molecule has 5 heteroatoms. The van der Waals surface area contributed by atoms with Crippen molar-refractivity contribution >= 4 is 5.95 Å². The van der Waals surface area contributed by atoms with Crippen molar-refractivity contribution in [2.45, 2.75) is 26.3 Å². The SMILES string of the molecule is Cc1cc(CC(C)N)nc(N2CCN(C)CC2)n1. The summed E-state index contributed by atoms with van der Waals surface area (Å²) in [6.07, 6.45) is 0.810. The van der Waals surface area contributed by atoms with Crippen LogP contribution in [0.5, 0.6) is 0 Å². The Morgan fingerprint density at radius 2 is 1.94 bits per heavy atom. The lowest BCUT2D eigenvalue weighted by Crippen LogP contribution is -2.45. The number of nitrogens with zero attached hydrogens (tertiary/aromatic N) is 4. The molecule has 1 unspecified atom stereocenters. The normalized spacial score (nSPS) is 19.0. The fourth-order valence-corrected chi connectivity index (χ4v) is 2.20. The van der Waals surface area contributed by atoms with Gasteiger partial charge in [0.25, 0.3) is 0 Å². The zero-order valence-corrected chi connectivity index (χ0v) is 11.6. The first kappa shape index (κ1) is 13.2.